The van der Waals surface area contributed by atoms with E-state index >= 15 is 0 Å². The van der Waals surface area contributed by atoms with Gasteiger partial charge in [0.2, 0.25) is 5.91 Å². The number of hydrogen-bond acceptors (Lipinski definition) is 3. The van der Waals surface area contributed by atoms with Crippen LogP contribution < -0.4 is 10.6 Å². The van der Waals surface area contributed by atoms with Crippen LogP contribution in [-0.2, 0) is 4.79 Å². The second-order valence-corrected chi connectivity index (χ2v) is 8.04. The molecule has 0 bridgehead atoms. The summed E-state index contributed by atoms with van der Waals surface area (Å²) in [5.41, 5.74) is 0. The average molecular weight is 366 g/mol. The molecule has 1 unspecified atom stereocenters. The van der Waals surface area contributed by atoms with Crippen molar-refractivity contribution in [3.63, 3.8) is 0 Å². The Morgan fingerprint density at radius 2 is 1.92 bits per heavy atom. The van der Waals surface area contributed by atoms with E-state index in [-0.39, 0.29) is 5.91 Å². The number of aliphatic imine (C=N–C) groups is 1. The summed E-state index contributed by atoms with van der Waals surface area (Å²) in [6, 6.07) is 0. The van der Waals surface area contributed by atoms with Crippen LogP contribution in [0, 0.1) is 11.8 Å². The van der Waals surface area contributed by atoms with E-state index in [1.165, 1.54) is 45.3 Å². The number of carbonyl (C=O) groups excluding carboxylic acids is 1. The number of rotatable bonds is 7. The van der Waals surface area contributed by atoms with Crippen molar-refractivity contribution in [2.24, 2.45) is 16.8 Å². The number of piperidine rings is 2. The SMILES string of the molecule is CN=C(NCCCCN1CCCC(C)C1)N1CCC(CC(=O)NC)CC1. The molecule has 0 aromatic heterocycles. The molecule has 2 saturated heterocycles. The number of unbranched alkanes of at least 4 members (excludes halogenated alkanes) is 1. The first kappa shape index (κ1) is 21.0. The van der Waals surface area contributed by atoms with Crippen molar-refractivity contribution in [1.82, 2.24) is 20.4 Å². The largest absolute Gasteiger partial charge is 0.359 e. The van der Waals surface area contributed by atoms with Crippen LogP contribution in [0.15, 0.2) is 4.99 Å². The summed E-state index contributed by atoms with van der Waals surface area (Å²) < 4.78 is 0. The van der Waals surface area contributed by atoms with Gasteiger partial charge in [-0.05, 0) is 63.5 Å². The Balaban J connectivity index is 1.59. The summed E-state index contributed by atoms with van der Waals surface area (Å²) in [5.74, 6) is 2.56. The van der Waals surface area contributed by atoms with Crippen LogP contribution in [0.4, 0.5) is 0 Å². The van der Waals surface area contributed by atoms with Crippen LogP contribution in [0.5, 0.6) is 0 Å². The Labute approximate surface area is 159 Å². The third kappa shape index (κ3) is 7.14. The average Bonchev–Trinajstić information content (AvgIpc) is 2.65. The molecule has 26 heavy (non-hydrogen) atoms. The molecule has 2 N–H and O–H groups in total. The molecule has 0 aromatic rings. The predicted molar refractivity (Wildman–Crippen MR) is 108 cm³/mol. The second-order valence-electron chi connectivity index (χ2n) is 8.04. The Morgan fingerprint density at radius 1 is 1.15 bits per heavy atom. The monoisotopic (exact) mass is 365 g/mol. The Kier molecular flexibility index (Phi) is 9.23. The van der Waals surface area contributed by atoms with Crippen molar-refractivity contribution in [1.29, 1.82) is 0 Å². The molecule has 2 aliphatic rings. The maximum atomic E-state index is 11.5. The highest BCUT2D eigenvalue weighted by molar-refractivity contribution is 5.80. The lowest BCUT2D eigenvalue weighted by molar-refractivity contribution is -0.121. The third-order valence-corrected chi connectivity index (χ3v) is 5.80. The maximum absolute atomic E-state index is 11.5. The van der Waals surface area contributed by atoms with Crippen LogP contribution in [0.3, 0.4) is 0 Å². The van der Waals surface area contributed by atoms with Gasteiger partial charge in [0.05, 0.1) is 0 Å². The van der Waals surface area contributed by atoms with E-state index in [2.05, 4.69) is 32.3 Å². The molecule has 6 heteroatoms. The van der Waals surface area contributed by atoms with Gasteiger partial charge in [-0.1, -0.05) is 6.92 Å². The molecular formula is C20H39N5O. The molecule has 0 radical (unpaired) electrons. The molecule has 0 saturated carbocycles. The summed E-state index contributed by atoms with van der Waals surface area (Å²) >= 11 is 0. The van der Waals surface area contributed by atoms with Crippen LogP contribution in [0.25, 0.3) is 0 Å². The lowest BCUT2D eigenvalue weighted by Crippen LogP contribution is -2.46. The molecule has 1 amide bonds. The van der Waals surface area contributed by atoms with Crippen molar-refractivity contribution in [2.45, 2.75) is 51.9 Å². The van der Waals surface area contributed by atoms with Crippen LogP contribution >= 0.6 is 0 Å². The fourth-order valence-electron chi connectivity index (χ4n) is 4.20. The lowest BCUT2D eigenvalue weighted by atomic mass is 9.93. The van der Waals surface area contributed by atoms with Gasteiger partial charge < -0.3 is 20.4 Å². The Hall–Kier alpha value is -1.30. The predicted octanol–water partition coefficient (Wildman–Crippen LogP) is 1.92. The highest BCUT2D eigenvalue weighted by Gasteiger charge is 2.23. The van der Waals surface area contributed by atoms with Gasteiger partial charge in [0, 0.05) is 46.7 Å². The molecule has 0 aliphatic carbocycles. The quantitative estimate of drug-likeness (QED) is 0.411. The zero-order valence-corrected chi connectivity index (χ0v) is 17.1. The summed E-state index contributed by atoms with van der Waals surface area (Å²) in [5, 5.41) is 6.26. The molecule has 1 atom stereocenters. The summed E-state index contributed by atoms with van der Waals surface area (Å²) in [7, 11) is 3.59. The number of guanidine groups is 1. The zero-order valence-electron chi connectivity index (χ0n) is 17.1. The van der Waals surface area contributed by atoms with Gasteiger partial charge in [-0.3, -0.25) is 9.79 Å². The van der Waals surface area contributed by atoms with Gasteiger partial charge in [-0.2, -0.15) is 0 Å². The van der Waals surface area contributed by atoms with Crippen LogP contribution in [0.2, 0.25) is 0 Å². The van der Waals surface area contributed by atoms with Crippen molar-refractivity contribution in [2.75, 3.05) is 53.4 Å². The Morgan fingerprint density at radius 3 is 2.58 bits per heavy atom. The first-order valence-electron chi connectivity index (χ1n) is 10.5. The number of carbonyl (C=O) groups is 1. The van der Waals surface area contributed by atoms with Crippen molar-refractivity contribution in [3.8, 4) is 0 Å². The number of hydrogen-bond donors (Lipinski definition) is 2. The van der Waals surface area contributed by atoms with Crippen molar-refractivity contribution in [3.05, 3.63) is 0 Å². The van der Waals surface area contributed by atoms with E-state index in [1.54, 1.807) is 7.05 Å². The third-order valence-electron chi connectivity index (χ3n) is 5.80. The highest BCUT2D eigenvalue weighted by atomic mass is 16.1. The van der Waals surface area contributed by atoms with Crippen molar-refractivity contribution >= 4 is 11.9 Å². The topological polar surface area (TPSA) is 60.0 Å². The summed E-state index contributed by atoms with van der Waals surface area (Å²) in [6.07, 6.45) is 8.01. The van der Waals surface area contributed by atoms with Gasteiger partial charge in [0.25, 0.3) is 0 Å². The van der Waals surface area contributed by atoms with Gasteiger partial charge in [0.15, 0.2) is 5.96 Å². The number of nitrogens with one attached hydrogen (secondary N) is 2. The molecule has 0 spiro atoms. The van der Waals surface area contributed by atoms with E-state index in [0.717, 1.165) is 44.4 Å². The standard InChI is InChI=1S/C20H39N5O/c1-17-7-6-12-24(16-17)11-5-4-10-23-20(22-3)25-13-8-18(9-14-25)15-19(26)21-2/h17-18H,4-16H2,1-3H3,(H,21,26)(H,22,23). The van der Waals surface area contributed by atoms with Crippen LogP contribution in [-0.4, -0.2) is 75.0 Å². The van der Waals surface area contributed by atoms with Gasteiger partial charge >= 0.3 is 0 Å². The lowest BCUT2D eigenvalue weighted by Gasteiger charge is -2.34. The van der Waals surface area contributed by atoms with E-state index in [9.17, 15) is 4.79 Å². The molecule has 2 heterocycles. The Bertz CT molecular complexity index is 445. The van der Waals surface area contributed by atoms with Crippen LogP contribution in [0.1, 0.15) is 51.9 Å². The minimum atomic E-state index is 0.161. The van der Waals surface area contributed by atoms with E-state index in [4.69, 9.17) is 0 Å². The van der Waals surface area contributed by atoms with E-state index in [0.29, 0.717) is 12.3 Å². The second kappa shape index (κ2) is 11.4. The first-order chi connectivity index (χ1) is 12.6. The molecule has 0 aromatic carbocycles. The number of likely N-dealkylation sites (tertiary alicyclic amines) is 2. The van der Waals surface area contributed by atoms with Crippen molar-refractivity contribution < 1.29 is 4.79 Å². The fraction of sp³-hybridized carbons (Fsp3) is 0.900. The molecular weight excluding hydrogens is 326 g/mol. The normalized spacial score (nSPS) is 23.1. The smallest absolute Gasteiger partial charge is 0.220 e. The molecule has 150 valence electrons. The summed E-state index contributed by atoms with van der Waals surface area (Å²) in [6.45, 7) is 9.14. The minimum Gasteiger partial charge on any atom is -0.359 e. The molecule has 2 aliphatic heterocycles. The zero-order chi connectivity index (χ0) is 18.8. The first-order valence-corrected chi connectivity index (χ1v) is 10.5. The van der Waals surface area contributed by atoms with Gasteiger partial charge in [-0.15, -0.1) is 0 Å². The number of nitrogens with zero attached hydrogens (tertiary/aromatic N) is 3. The van der Waals surface area contributed by atoms with E-state index in [1.807, 2.05) is 7.05 Å². The molecule has 2 rings (SSSR count). The minimum absolute atomic E-state index is 0.161. The van der Waals surface area contributed by atoms with E-state index < -0.39 is 0 Å². The molecule has 2 fully saturated rings. The molecule has 6 nitrogen and oxygen atoms in total. The van der Waals surface area contributed by atoms with Gasteiger partial charge in [0.1, 0.15) is 0 Å². The number of amides is 1. The van der Waals surface area contributed by atoms with Gasteiger partial charge in [-0.25, -0.2) is 0 Å². The summed E-state index contributed by atoms with van der Waals surface area (Å²) in [4.78, 5) is 20.9. The maximum Gasteiger partial charge on any atom is 0.220 e. The highest BCUT2D eigenvalue weighted by Crippen LogP contribution is 2.20. The fourth-order valence-corrected chi connectivity index (χ4v) is 4.20.